The van der Waals surface area contributed by atoms with E-state index in [0.29, 0.717) is 12.5 Å². The fraction of sp³-hybridized carbons (Fsp3) is 0.588. The lowest BCUT2D eigenvalue weighted by Crippen LogP contribution is -2.43. The number of piperidine rings is 1. The van der Waals surface area contributed by atoms with E-state index in [-0.39, 0.29) is 6.10 Å². The van der Waals surface area contributed by atoms with Crippen molar-refractivity contribution in [2.24, 2.45) is 16.6 Å². The second-order valence-electron chi connectivity index (χ2n) is 6.06. The lowest BCUT2D eigenvalue weighted by molar-refractivity contribution is 0.227. The molecule has 1 aliphatic heterocycles. The molecule has 4 nitrogen and oxygen atoms in total. The molecule has 0 amide bonds. The Morgan fingerprint density at radius 3 is 2.71 bits per heavy atom. The molecular weight excluding hydrogens is 262 g/mol. The molecule has 0 spiro atoms. The predicted octanol–water partition coefficient (Wildman–Crippen LogP) is 2.81. The molecule has 1 heterocycles. The smallest absolute Gasteiger partial charge is 0.191 e. The molecule has 1 aliphatic rings. The number of rotatable bonds is 4. The molecule has 1 aromatic rings. The van der Waals surface area contributed by atoms with Crippen molar-refractivity contribution in [2.45, 2.75) is 39.7 Å². The Morgan fingerprint density at radius 1 is 1.38 bits per heavy atom. The topological polar surface area (TPSA) is 50.9 Å². The van der Waals surface area contributed by atoms with Gasteiger partial charge in [0, 0.05) is 13.1 Å². The zero-order chi connectivity index (χ0) is 15.2. The summed E-state index contributed by atoms with van der Waals surface area (Å²) in [6.45, 7) is 9.00. The van der Waals surface area contributed by atoms with Gasteiger partial charge in [0.05, 0.1) is 6.54 Å². The number of likely N-dealkylation sites (tertiary alicyclic amines) is 1. The monoisotopic (exact) mass is 289 g/mol. The maximum atomic E-state index is 6.09. The summed E-state index contributed by atoms with van der Waals surface area (Å²) in [6.07, 6.45) is 2.42. The van der Waals surface area contributed by atoms with Crippen molar-refractivity contribution < 1.29 is 4.74 Å². The van der Waals surface area contributed by atoms with Crippen LogP contribution in [0, 0.1) is 12.8 Å². The van der Waals surface area contributed by atoms with Crippen LogP contribution in [0.5, 0.6) is 5.75 Å². The molecule has 2 rings (SSSR count). The largest absolute Gasteiger partial charge is 0.489 e. The van der Waals surface area contributed by atoms with Gasteiger partial charge in [0.2, 0.25) is 0 Å². The van der Waals surface area contributed by atoms with Crippen LogP contribution in [0.4, 0.5) is 0 Å². The summed E-state index contributed by atoms with van der Waals surface area (Å²) in [4.78, 5) is 6.68. The molecule has 2 N–H and O–H groups in total. The number of aliphatic imine (C=N–C) groups is 1. The Labute approximate surface area is 128 Å². The van der Waals surface area contributed by atoms with Crippen LogP contribution in [0.2, 0.25) is 0 Å². The molecule has 116 valence electrons. The van der Waals surface area contributed by atoms with Gasteiger partial charge < -0.3 is 15.4 Å². The van der Waals surface area contributed by atoms with Crippen LogP contribution in [0.15, 0.2) is 29.3 Å². The molecule has 0 saturated carbocycles. The fourth-order valence-corrected chi connectivity index (χ4v) is 2.50. The summed E-state index contributed by atoms with van der Waals surface area (Å²) < 4.78 is 5.92. The number of aryl methyl sites for hydroxylation is 1. The Hall–Kier alpha value is -1.71. The average Bonchev–Trinajstić information content (AvgIpc) is 2.48. The number of hydrogen-bond acceptors (Lipinski definition) is 2. The van der Waals surface area contributed by atoms with Gasteiger partial charge in [-0.15, -0.1) is 0 Å². The first-order chi connectivity index (χ1) is 10.1. The fourth-order valence-electron chi connectivity index (χ4n) is 2.50. The third kappa shape index (κ3) is 4.66. The molecule has 0 aromatic heterocycles. The van der Waals surface area contributed by atoms with Crippen molar-refractivity contribution >= 4 is 5.96 Å². The van der Waals surface area contributed by atoms with Gasteiger partial charge in [0.15, 0.2) is 5.96 Å². The van der Waals surface area contributed by atoms with Crippen molar-refractivity contribution in [3.8, 4) is 5.75 Å². The highest BCUT2D eigenvalue weighted by atomic mass is 16.5. The number of nitrogens with zero attached hydrogens (tertiary/aromatic N) is 2. The van der Waals surface area contributed by atoms with E-state index in [1.165, 1.54) is 12.8 Å². The number of ether oxygens (including phenoxy) is 1. The van der Waals surface area contributed by atoms with Gasteiger partial charge in [-0.05, 0) is 44.2 Å². The first kappa shape index (κ1) is 15.7. The summed E-state index contributed by atoms with van der Waals surface area (Å²) in [5, 5.41) is 0. The molecule has 1 saturated heterocycles. The van der Waals surface area contributed by atoms with Crippen LogP contribution < -0.4 is 10.5 Å². The first-order valence-electron chi connectivity index (χ1n) is 7.83. The van der Waals surface area contributed by atoms with Gasteiger partial charge >= 0.3 is 0 Å². The van der Waals surface area contributed by atoms with Crippen LogP contribution in [0.25, 0.3) is 0 Å². The SMILES string of the molecule is Cc1ccccc1OC(C)CN=C(N)N1CCC(C)CC1. The van der Waals surface area contributed by atoms with Crippen molar-refractivity contribution in [3.63, 3.8) is 0 Å². The van der Waals surface area contributed by atoms with E-state index >= 15 is 0 Å². The van der Waals surface area contributed by atoms with Crippen molar-refractivity contribution in [1.82, 2.24) is 4.90 Å². The third-order valence-electron chi connectivity index (χ3n) is 4.04. The van der Waals surface area contributed by atoms with Gasteiger partial charge in [-0.3, -0.25) is 0 Å². The second-order valence-corrected chi connectivity index (χ2v) is 6.06. The highest BCUT2D eigenvalue weighted by molar-refractivity contribution is 5.78. The highest BCUT2D eigenvalue weighted by Gasteiger charge is 2.17. The van der Waals surface area contributed by atoms with Crippen LogP contribution in [0.1, 0.15) is 32.3 Å². The van der Waals surface area contributed by atoms with E-state index in [9.17, 15) is 0 Å². The molecule has 0 aliphatic carbocycles. The normalized spacial score (nSPS) is 18.6. The number of hydrogen-bond donors (Lipinski definition) is 1. The lowest BCUT2D eigenvalue weighted by Gasteiger charge is -2.31. The van der Waals surface area contributed by atoms with Crippen LogP contribution >= 0.6 is 0 Å². The van der Waals surface area contributed by atoms with E-state index in [1.807, 2.05) is 25.1 Å². The van der Waals surface area contributed by atoms with Crippen molar-refractivity contribution in [2.75, 3.05) is 19.6 Å². The Bertz CT molecular complexity index is 479. The Morgan fingerprint density at radius 2 is 2.05 bits per heavy atom. The summed E-state index contributed by atoms with van der Waals surface area (Å²) in [6, 6.07) is 8.04. The van der Waals surface area contributed by atoms with Crippen molar-refractivity contribution in [1.29, 1.82) is 0 Å². The number of para-hydroxylation sites is 1. The average molecular weight is 289 g/mol. The summed E-state index contributed by atoms with van der Waals surface area (Å²) in [5.74, 6) is 2.38. The highest BCUT2D eigenvalue weighted by Crippen LogP contribution is 2.18. The quantitative estimate of drug-likeness (QED) is 0.685. The second kappa shape index (κ2) is 7.34. The van der Waals surface area contributed by atoms with Gasteiger partial charge in [0.25, 0.3) is 0 Å². The summed E-state index contributed by atoms with van der Waals surface area (Å²) in [5.41, 5.74) is 7.23. The van der Waals surface area contributed by atoms with Gasteiger partial charge in [-0.1, -0.05) is 25.1 Å². The summed E-state index contributed by atoms with van der Waals surface area (Å²) >= 11 is 0. The predicted molar refractivity (Wildman–Crippen MR) is 87.7 cm³/mol. The van der Waals surface area contributed by atoms with E-state index < -0.39 is 0 Å². The zero-order valence-corrected chi connectivity index (χ0v) is 13.4. The Kier molecular flexibility index (Phi) is 5.48. The molecule has 1 aromatic carbocycles. The minimum atomic E-state index is 0.0216. The molecule has 1 fully saturated rings. The zero-order valence-electron chi connectivity index (χ0n) is 13.4. The number of nitrogens with two attached hydrogens (primary N) is 1. The van der Waals surface area contributed by atoms with Crippen LogP contribution in [-0.2, 0) is 0 Å². The van der Waals surface area contributed by atoms with Crippen molar-refractivity contribution in [3.05, 3.63) is 29.8 Å². The summed E-state index contributed by atoms with van der Waals surface area (Å²) in [7, 11) is 0. The molecule has 1 atom stereocenters. The van der Waals surface area contributed by atoms with E-state index in [1.54, 1.807) is 0 Å². The van der Waals surface area contributed by atoms with Crippen LogP contribution in [0.3, 0.4) is 0 Å². The Balaban J connectivity index is 1.84. The minimum Gasteiger partial charge on any atom is -0.489 e. The maximum Gasteiger partial charge on any atom is 0.191 e. The lowest BCUT2D eigenvalue weighted by atomic mass is 10.00. The van der Waals surface area contributed by atoms with E-state index in [2.05, 4.69) is 29.8 Å². The van der Waals surface area contributed by atoms with E-state index in [4.69, 9.17) is 10.5 Å². The molecule has 0 bridgehead atoms. The molecular formula is C17H27N3O. The van der Waals surface area contributed by atoms with Gasteiger partial charge in [0.1, 0.15) is 11.9 Å². The third-order valence-corrected chi connectivity index (χ3v) is 4.04. The van der Waals surface area contributed by atoms with E-state index in [0.717, 1.165) is 30.3 Å². The maximum absolute atomic E-state index is 6.09. The first-order valence-corrected chi connectivity index (χ1v) is 7.83. The molecule has 1 unspecified atom stereocenters. The van der Waals surface area contributed by atoms with Crippen LogP contribution in [-0.4, -0.2) is 36.6 Å². The molecule has 4 heteroatoms. The number of guanidine groups is 1. The number of benzene rings is 1. The van der Waals surface area contributed by atoms with Gasteiger partial charge in [-0.2, -0.15) is 0 Å². The molecule has 0 radical (unpaired) electrons. The van der Waals surface area contributed by atoms with Gasteiger partial charge in [-0.25, -0.2) is 4.99 Å². The standard InChI is InChI=1S/C17H27N3O/c1-13-8-10-20(11-9-13)17(18)19-12-15(3)21-16-7-5-4-6-14(16)2/h4-7,13,15H,8-12H2,1-3H3,(H2,18,19). The minimum absolute atomic E-state index is 0.0216. The molecule has 21 heavy (non-hydrogen) atoms.